The van der Waals surface area contributed by atoms with Crippen molar-refractivity contribution in [1.82, 2.24) is 0 Å². The number of nitrogens with zero attached hydrogens (tertiary/aromatic N) is 1. The topological polar surface area (TPSA) is 70.8 Å². The van der Waals surface area contributed by atoms with Crippen LogP contribution in [-0.4, -0.2) is 23.5 Å². The van der Waals surface area contributed by atoms with Gasteiger partial charge >= 0.3 is 5.97 Å². The first kappa shape index (κ1) is 14.6. The Hall–Kier alpha value is -1.79. The second-order valence-electron chi connectivity index (χ2n) is 3.87. The number of hydrogen-bond acceptors (Lipinski definition) is 3. The van der Waals surface area contributed by atoms with Crippen LogP contribution in [0.1, 0.15) is 10.6 Å². The highest BCUT2D eigenvalue weighted by Gasteiger charge is 2.23. The molecule has 20 heavy (non-hydrogen) atoms. The highest BCUT2D eigenvalue weighted by atomic mass is 79.9. The van der Waals surface area contributed by atoms with Crippen LogP contribution in [0.5, 0.6) is 0 Å². The molecule has 1 aromatic carbocycles. The van der Waals surface area contributed by atoms with Gasteiger partial charge in [-0.1, -0.05) is 11.6 Å². The fourth-order valence-corrected chi connectivity index (χ4v) is 2.03. The Kier molecular flexibility index (Phi) is 4.46. The van der Waals surface area contributed by atoms with Crippen molar-refractivity contribution in [3.63, 3.8) is 0 Å². The van der Waals surface area contributed by atoms with Gasteiger partial charge in [0.05, 0.1) is 0 Å². The highest BCUT2D eigenvalue weighted by Crippen LogP contribution is 2.22. The van der Waals surface area contributed by atoms with E-state index < -0.39 is 18.4 Å². The number of carbonyl (C=O) groups is 2. The van der Waals surface area contributed by atoms with Crippen LogP contribution in [0.4, 0.5) is 5.69 Å². The molecule has 1 heterocycles. The lowest BCUT2D eigenvalue weighted by atomic mass is 10.2. The molecule has 1 N–H and O–H groups in total. The Labute approximate surface area is 127 Å². The van der Waals surface area contributed by atoms with Gasteiger partial charge in [-0.15, -0.1) is 0 Å². The smallest absolute Gasteiger partial charge is 0.323 e. The summed E-state index contributed by atoms with van der Waals surface area (Å²) in [5.74, 6) is -1.62. The number of carbonyl (C=O) groups excluding carboxylic acids is 1. The van der Waals surface area contributed by atoms with E-state index >= 15 is 0 Å². The molecule has 0 spiro atoms. The van der Waals surface area contributed by atoms with Crippen molar-refractivity contribution >= 4 is 45.1 Å². The SMILES string of the molecule is O=C(O)CN(C(=O)c1ccc(Br)o1)c1ccc(Cl)cc1. The lowest BCUT2D eigenvalue weighted by Crippen LogP contribution is -2.35. The first-order valence-corrected chi connectivity index (χ1v) is 6.69. The van der Waals surface area contributed by atoms with Crippen molar-refractivity contribution in [2.75, 3.05) is 11.4 Å². The molecular weight excluding hydrogens is 350 g/mol. The Balaban J connectivity index is 2.34. The first-order chi connectivity index (χ1) is 9.47. The molecule has 104 valence electrons. The van der Waals surface area contributed by atoms with Gasteiger partial charge in [-0.3, -0.25) is 14.5 Å². The third-order valence-electron chi connectivity index (χ3n) is 2.46. The van der Waals surface area contributed by atoms with Crippen molar-refractivity contribution in [3.8, 4) is 0 Å². The standard InChI is InChI=1S/C13H9BrClNO4/c14-11-6-5-10(20-11)13(19)16(7-12(17)18)9-3-1-8(15)2-4-9/h1-6H,7H2,(H,17,18). The summed E-state index contributed by atoms with van der Waals surface area (Å²) in [6.07, 6.45) is 0. The molecule has 0 saturated carbocycles. The number of aliphatic carboxylic acids is 1. The van der Waals surface area contributed by atoms with Gasteiger partial charge in [0.15, 0.2) is 10.4 Å². The summed E-state index contributed by atoms with van der Waals surface area (Å²) in [6, 6.07) is 9.34. The Morgan fingerprint density at radius 1 is 1.20 bits per heavy atom. The van der Waals surface area contributed by atoms with Gasteiger partial charge in [0, 0.05) is 10.7 Å². The van der Waals surface area contributed by atoms with E-state index in [1.54, 1.807) is 30.3 Å². The molecule has 0 fully saturated rings. The largest absolute Gasteiger partial charge is 0.480 e. The molecule has 0 bridgehead atoms. The summed E-state index contributed by atoms with van der Waals surface area (Å²) in [5, 5.41) is 9.44. The number of halogens is 2. The quantitative estimate of drug-likeness (QED) is 0.909. The lowest BCUT2D eigenvalue weighted by Gasteiger charge is -2.19. The number of rotatable bonds is 4. The molecule has 1 amide bonds. The van der Waals surface area contributed by atoms with E-state index in [9.17, 15) is 9.59 Å². The summed E-state index contributed by atoms with van der Waals surface area (Å²) < 4.78 is 5.56. The number of amides is 1. The molecule has 0 atom stereocenters. The number of furan rings is 1. The molecule has 0 unspecified atom stereocenters. The molecule has 0 radical (unpaired) electrons. The third-order valence-corrected chi connectivity index (χ3v) is 3.14. The van der Waals surface area contributed by atoms with Crippen LogP contribution in [0.2, 0.25) is 5.02 Å². The minimum Gasteiger partial charge on any atom is -0.480 e. The van der Waals surface area contributed by atoms with Crippen molar-refractivity contribution in [2.24, 2.45) is 0 Å². The van der Waals surface area contributed by atoms with E-state index in [0.717, 1.165) is 4.90 Å². The third kappa shape index (κ3) is 3.40. The summed E-state index contributed by atoms with van der Waals surface area (Å²) >= 11 is 8.87. The zero-order valence-corrected chi connectivity index (χ0v) is 12.4. The molecule has 0 aliphatic heterocycles. The molecule has 2 aromatic rings. The lowest BCUT2D eigenvalue weighted by molar-refractivity contribution is -0.135. The monoisotopic (exact) mass is 357 g/mol. The fraction of sp³-hybridized carbons (Fsp3) is 0.0769. The second-order valence-corrected chi connectivity index (χ2v) is 5.08. The average Bonchev–Trinajstić information content (AvgIpc) is 2.83. The molecule has 0 aliphatic carbocycles. The minimum atomic E-state index is -1.13. The van der Waals surface area contributed by atoms with Gasteiger partial charge in [-0.2, -0.15) is 0 Å². The zero-order valence-electron chi connectivity index (χ0n) is 10.0. The van der Waals surface area contributed by atoms with Crippen LogP contribution in [0, 0.1) is 0 Å². The van der Waals surface area contributed by atoms with Gasteiger partial charge in [-0.05, 0) is 52.3 Å². The van der Waals surface area contributed by atoms with E-state index in [4.69, 9.17) is 21.1 Å². The molecule has 2 rings (SSSR count). The molecular formula is C13H9BrClNO4. The Morgan fingerprint density at radius 3 is 2.35 bits per heavy atom. The summed E-state index contributed by atoms with van der Waals surface area (Å²) in [4.78, 5) is 24.3. The maximum Gasteiger partial charge on any atom is 0.323 e. The van der Waals surface area contributed by atoms with Crippen LogP contribution in [0.15, 0.2) is 45.5 Å². The van der Waals surface area contributed by atoms with Gasteiger partial charge in [0.25, 0.3) is 5.91 Å². The van der Waals surface area contributed by atoms with Crippen LogP contribution in [0.3, 0.4) is 0 Å². The molecule has 1 aromatic heterocycles. The normalized spacial score (nSPS) is 10.3. The first-order valence-electron chi connectivity index (χ1n) is 5.52. The molecule has 0 aliphatic rings. The predicted octanol–water partition coefficient (Wildman–Crippen LogP) is 3.43. The van der Waals surface area contributed by atoms with E-state index in [1.807, 2.05) is 0 Å². The maximum absolute atomic E-state index is 12.3. The van der Waals surface area contributed by atoms with Crippen molar-refractivity contribution in [1.29, 1.82) is 0 Å². The number of benzene rings is 1. The van der Waals surface area contributed by atoms with Gasteiger partial charge in [0.1, 0.15) is 6.54 Å². The summed E-state index contributed by atoms with van der Waals surface area (Å²) in [6.45, 7) is -0.473. The molecule has 7 heteroatoms. The summed E-state index contributed by atoms with van der Waals surface area (Å²) in [5.41, 5.74) is 0.425. The van der Waals surface area contributed by atoms with E-state index in [2.05, 4.69) is 15.9 Å². The maximum atomic E-state index is 12.3. The number of carboxylic acids is 1. The molecule has 0 saturated heterocycles. The van der Waals surface area contributed by atoms with Crippen LogP contribution in [-0.2, 0) is 4.79 Å². The Bertz CT molecular complexity index is 638. The average molecular weight is 359 g/mol. The van der Waals surface area contributed by atoms with Crippen molar-refractivity contribution < 1.29 is 19.1 Å². The van der Waals surface area contributed by atoms with Gasteiger partial charge in [0.2, 0.25) is 0 Å². The van der Waals surface area contributed by atoms with Crippen LogP contribution >= 0.6 is 27.5 Å². The fourth-order valence-electron chi connectivity index (χ4n) is 1.60. The second kappa shape index (κ2) is 6.11. The van der Waals surface area contributed by atoms with E-state index in [-0.39, 0.29) is 5.76 Å². The van der Waals surface area contributed by atoms with Crippen molar-refractivity contribution in [3.05, 3.63) is 51.9 Å². The minimum absolute atomic E-state index is 0.0491. The predicted molar refractivity (Wildman–Crippen MR) is 77.2 cm³/mol. The van der Waals surface area contributed by atoms with Crippen LogP contribution < -0.4 is 4.90 Å². The highest BCUT2D eigenvalue weighted by molar-refractivity contribution is 9.10. The van der Waals surface area contributed by atoms with E-state index in [0.29, 0.717) is 15.4 Å². The van der Waals surface area contributed by atoms with Crippen LogP contribution in [0.25, 0.3) is 0 Å². The van der Waals surface area contributed by atoms with E-state index in [1.165, 1.54) is 6.07 Å². The van der Waals surface area contributed by atoms with Gasteiger partial charge in [-0.25, -0.2) is 0 Å². The Morgan fingerprint density at radius 2 is 1.85 bits per heavy atom. The number of anilines is 1. The zero-order chi connectivity index (χ0) is 14.7. The number of carboxylic acid groups (broad SMARTS) is 1. The molecule has 5 nitrogen and oxygen atoms in total. The summed E-state index contributed by atoms with van der Waals surface area (Å²) in [7, 11) is 0. The van der Waals surface area contributed by atoms with Gasteiger partial charge < -0.3 is 9.52 Å². The van der Waals surface area contributed by atoms with Crippen molar-refractivity contribution in [2.45, 2.75) is 0 Å². The number of hydrogen-bond donors (Lipinski definition) is 1.